The second-order valence-electron chi connectivity index (χ2n) is 4.80. The maximum absolute atomic E-state index is 14.2. The van der Waals surface area contributed by atoms with Crippen molar-refractivity contribution in [1.82, 2.24) is 5.32 Å². The van der Waals surface area contributed by atoms with Gasteiger partial charge in [-0.1, -0.05) is 0 Å². The van der Waals surface area contributed by atoms with Gasteiger partial charge in [0.15, 0.2) is 11.5 Å². The van der Waals surface area contributed by atoms with Crippen LogP contribution in [0.4, 0.5) is 4.39 Å². The number of rotatable bonds is 4. The molecule has 1 saturated heterocycles. The van der Waals surface area contributed by atoms with E-state index in [1.807, 2.05) is 0 Å². The zero-order valence-corrected chi connectivity index (χ0v) is 12.8. The van der Waals surface area contributed by atoms with Gasteiger partial charge in [0.25, 0.3) is 0 Å². The molecular formula is C14H19BrFNO2. The molecule has 1 aliphatic rings. The summed E-state index contributed by atoms with van der Waals surface area (Å²) in [5, 5.41) is 3.35. The Morgan fingerprint density at radius 1 is 1.37 bits per heavy atom. The van der Waals surface area contributed by atoms with Gasteiger partial charge < -0.3 is 14.8 Å². The number of nitrogens with one attached hydrogen (secondary N) is 1. The monoisotopic (exact) mass is 331 g/mol. The minimum Gasteiger partial charge on any atom is -0.492 e. The third-order valence-corrected chi connectivity index (χ3v) is 4.13. The molecule has 2 rings (SSSR count). The summed E-state index contributed by atoms with van der Waals surface area (Å²) in [6, 6.07) is 1.45. The largest absolute Gasteiger partial charge is 0.492 e. The Bertz CT molecular complexity index is 448. The minimum absolute atomic E-state index is 0.241. The van der Waals surface area contributed by atoms with E-state index in [1.165, 1.54) is 6.07 Å². The average molecular weight is 332 g/mol. The van der Waals surface area contributed by atoms with Gasteiger partial charge in [0.05, 0.1) is 18.7 Å². The Morgan fingerprint density at radius 3 is 2.68 bits per heavy atom. The van der Waals surface area contributed by atoms with Gasteiger partial charge >= 0.3 is 0 Å². The third-order valence-electron chi connectivity index (χ3n) is 3.54. The Labute approximate surface area is 121 Å². The van der Waals surface area contributed by atoms with Gasteiger partial charge in [-0.3, -0.25) is 0 Å². The zero-order chi connectivity index (χ0) is 13.8. The molecule has 1 fully saturated rings. The quantitative estimate of drug-likeness (QED) is 0.919. The normalized spacial score (nSPS) is 19.3. The number of piperidine rings is 1. The summed E-state index contributed by atoms with van der Waals surface area (Å²) < 4.78 is 25.4. The Morgan fingerprint density at radius 2 is 2.11 bits per heavy atom. The molecule has 0 radical (unpaired) electrons. The second-order valence-corrected chi connectivity index (χ2v) is 5.66. The van der Waals surface area contributed by atoms with E-state index in [0.717, 1.165) is 25.9 Å². The fourth-order valence-electron chi connectivity index (χ4n) is 2.60. The first-order valence-corrected chi connectivity index (χ1v) is 7.26. The summed E-state index contributed by atoms with van der Waals surface area (Å²) in [5.74, 6) is 1.26. The molecule has 19 heavy (non-hydrogen) atoms. The lowest BCUT2D eigenvalue weighted by molar-refractivity contribution is 0.333. The van der Waals surface area contributed by atoms with Crippen molar-refractivity contribution in [3.63, 3.8) is 0 Å². The van der Waals surface area contributed by atoms with Crippen molar-refractivity contribution in [1.29, 1.82) is 0 Å². The van der Waals surface area contributed by atoms with Crippen LogP contribution in [0.1, 0.15) is 18.4 Å². The van der Waals surface area contributed by atoms with Crippen LogP contribution in [0.25, 0.3) is 0 Å². The van der Waals surface area contributed by atoms with Crippen molar-refractivity contribution in [3.8, 4) is 11.5 Å². The first-order chi connectivity index (χ1) is 9.17. The predicted molar refractivity (Wildman–Crippen MR) is 76.5 cm³/mol. The van der Waals surface area contributed by atoms with Crippen LogP contribution in [-0.4, -0.2) is 27.3 Å². The smallest absolute Gasteiger partial charge is 0.175 e. The molecule has 1 heterocycles. The number of hydrogen-bond acceptors (Lipinski definition) is 3. The van der Waals surface area contributed by atoms with Crippen molar-refractivity contribution in [2.45, 2.75) is 19.3 Å². The second kappa shape index (κ2) is 6.57. The van der Waals surface area contributed by atoms with Gasteiger partial charge in [0.1, 0.15) is 5.82 Å². The van der Waals surface area contributed by atoms with E-state index in [2.05, 4.69) is 21.2 Å². The standard InChI is InChI=1S/C14H19BrFNO2/c1-18-13-10(6-9-4-3-5-17-8-9)12(16)7-11(15)14(13)19-2/h7,9,17H,3-6,8H2,1-2H3. The topological polar surface area (TPSA) is 30.5 Å². The maximum Gasteiger partial charge on any atom is 0.175 e. The van der Waals surface area contributed by atoms with E-state index >= 15 is 0 Å². The number of methoxy groups -OCH3 is 2. The Balaban J connectivity index is 2.32. The van der Waals surface area contributed by atoms with E-state index in [0.29, 0.717) is 33.9 Å². The van der Waals surface area contributed by atoms with Crippen LogP contribution >= 0.6 is 15.9 Å². The molecule has 3 nitrogen and oxygen atoms in total. The number of halogens is 2. The molecule has 5 heteroatoms. The Kier molecular flexibility index (Phi) is 5.05. The van der Waals surface area contributed by atoms with E-state index in [4.69, 9.17) is 9.47 Å². The number of hydrogen-bond donors (Lipinski definition) is 1. The zero-order valence-electron chi connectivity index (χ0n) is 11.3. The summed E-state index contributed by atoms with van der Waals surface area (Å²) >= 11 is 3.30. The molecule has 1 aromatic rings. The highest BCUT2D eigenvalue weighted by Gasteiger charge is 2.23. The van der Waals surface area contributed by atoms with Crippen molar-refractivity contribution in [2.24, 2.45) is 5.92 Å². The maximum atomic E-state index is 14.2. The Hall–Kier alpha value is -0.810. The van der Waals surface area contributed by atoms with Crippen molar-refractivity contribution < 1.29 is 13.9 Å². The van der Waals surface area contributed by atoms with Crippen LogP contribution in [0.15, 0.2) is 10.5 Å². The van der Waals surface area contributed by atoms with Crippen molar-refractivity contribution >= 4 is 15.9 Å². The van der Waals surface area contributed by atoms with Crippen LogP contribution in [0.2, 0.25) is 0 Å². The van der Waals surface area contributed by atoms with Gasteiger partial charge in [-0.05, 0) is 60.3 Å². The summed E-state index contributed by atoms with van der Waals surface area (Å²) in [5.41, 5.74) is 0.608. The molecule has 1 aromatic carbocycles. The molecule has 1 N–H and O–H groups in total. The van der Waals surface area contributed by atoms with Crippen molar-refractivity contribution in [2.75, 3.05) is 27.3 Å². The van der Waals surface area contributed by atoms with E-state index in [-0.39, 0.29) is 5.82 Å². The molecule has 0 aromatic heterocycles. The van der Waals surface area contributed by atoms with Crippen LogP contribution in [0.3, 0.4) is 0 Å². The molecule has 0 spiro atoms. The molecular weight excluding hydrogens is 313 g/mol. The summed E-state index contributed by atoms with van der Waals surface area (Å²) in [7, 11) is 3.11. The molecule has 1 unspecified atom stereocenters. The van der Waals surface area contributed by atoms with Crippen LogP contribution < -0.4 is 14.8 Å². The molecule has 0 aliphatic carbocycles. The van der Waals surface area contributed by atoms with Gasteiger partial charge in [0.2, 0.25) is 0 Å². The molecule has 0 saturated carbocycles. The molecule has 0 bridgehead atoms. The highest BCUT2D eigenvalue weighted by Crippen LogP contribution is 2.40. The van der Waals surface area contributed by atoms with Crippen LogP contribution in [-0.2, 0) is 6.42 Å². The first-order valence-electron chi connectivity index (χ1n) is 6.47. The van der Waals surface area contributed by atoms with Gasteiger partial charge in [-0.2, -0.15) is 0 Å². The van der Waals surface area contributed by atoms with Crippen LogP contribution in [0, 0.1) is 11.7 Å². The molecule has 1 atom stereocenters. The van der Waals surface area contributed by atoms with Gasteiger partial charge in [-0.25, -0.2) is 4.39 Å². The number of benzene rings is 1. The fourth-order valence-corrected chi connectivity index (χ4v) is 3.14. The lowest BCUT2D eigenvalue weighted by Gasteiger charge is -2.24. The van der Waals surface area contributed by atoms with Crippen LogP contribution in [0.5, 0.6) is 11.5 Å². The number of ether oxygens (including phenoxy) is 2. The average Bonchev–Trinajstić information content (AvgIpc) is 2.42. The summed E-state index contributed by atoms with van der Waals surface area (Å²) in [6.45, 7) is 1.99. The molecule has 0 amide bonds. The van der Waals surface area contributed by atoms with E-state index in [9.17, 15) is 4.39 Å². The minimum atomic E-state index is -0.241. The first kappa shape index (κ1) is 14.6. The lowest BCUT2D eigenvalue weighted by atomic mass is 9.91. The van der Waals surface area contributed by atoms with Gasteiger partial charge in [0, 0.05) is 5.56 Å². The lowest BCUT2D eigenvalue weighted by Crippen LogP contribution is -2.31. The SMILES string of the molecule is COc1c(Br)cc(F)c(CC2CCCNC2)c1OC. The van der Waals surface area contributed by atoms with E-state index in [1.54, 1.807) is 14.2 Å². The van der Waals surface area contributed by atoms with Gasteiger partial charge in [-0.15, -0.1) is 0 Å². The highest BCUT2D eigenvalue weighted by molar-refractivity contribution is 9.10. The molecule has 1 aliphatic heterocycles. The van der Waals surface area contributed by atoms with E-state index < -0.39 is 0 Å². The highest BCUT2D eigenvalue weighted by atomic mass is 79.9. The van der Waals surface area contributed by atoms with Crippen molar-refractivity contribution in [3.05, 3.63) is 21.9 Å². The fraction of sp³-hybridized carbons (Fsp3) is 0.571. The molecule has 106 valence electrons. The predicted octanol–water partition coefficient (Wildman–Crippen LogP) is 3.15. The third kappa shape index (κ3) is 3.20. The summed E-state index contributed by atoms with van der Waals surface area (Å²) in [6.07, 6.45) is 2.93. The summed E-state index contributed by atoms with van der Waals surface area (Å²) in [4.78, 5) is 0.